The lowest BCUT2D eigenvalue weighted by atomic mass is 9.97. The number of alkyl halides is 3. The molecule has 2 rings (SSSR count). The van der Waals surface area contributed by atoms with Gasteiger partial charge < -0.3 is 15.0 Å². The number of benzene rings is 1. The van der Waals surface area contributed by atoms with Crippen LogP contribution >= 0.6 is 0 Å². The number of nitrogens with one attached hydrogen (secondary N) is 1. The van der Waals surface area contributed by atoms with Crippen LogP contribution in [0.2, 0.25) is 0 Å². The molecular formula is C14H14F3N3O2. The molecule has 118 valence electrons. The average Bonchev–Trinajstić information content (AvgIpc) is 2.85. The molecule has 1 aromatic carbocycles. The van der Waals surface area contributed by atoms with Gasteiger partial charge in [0.05, 0.1) is 6.42 Å². The van der Waals surface area contributed by atoms with Crippen molar-refractivity contribution in [3.63, 3.8) is 0 Å². The molecule has 0 radical (unpaired) electrons. The number of rotatable bonds is 4. The number of aryl methyl sites for hydroxylation is 1. The van der Waals surface area contributed by atoms with Gasteiger partial charge >= 0.3 is 6.18 Å². The summed E-state index contributed by atoms with van der Waals surface area (Å²) < 4.78 is 40.8. The monoisotopic (exact) mass is 313 g/mol. The summed E-state index contributed by atoms with van der Waals surface area (Å²) >= 11 is 0. The minimum Gasteiger partial charge on any atom is -0.374 e. The summed E-state index contributed by atoms with van der Waals surface area (Å²) in [5, 5.41) is 12.4. The van der Waals surface area contributed by atoms with Crippen LogP contribution in [0.3, 0.4) is 0 Å². The van der Waals surface area contributed by atoms with Gasteiger partial charge in [-0.25, -0.2) is 4.98 Å². The first-order valence-corrected chi connectivity index (χ1v) is 6.36. The second-order valence-corrected chi connectivity index (χ2v) is 4.81. The van der Waals surface area contributed by atoms with E-state index < -0.39 is 29.9 Å². The summed E-state index contributed by atoms with van der Waals surface area (Å²) in [6, 6.07) is 8.03. The third kappa shape index (κ3) is 3.11. The van der Waals surface area contributed by atoms with Crippen LogP contribution in [0.15, 0.2) is 42.7 Å². The van der Waals surface area contributed by atoms with E-state index in [1.807, 2.05) is 0 Å². The molecule has 0 aliphatic carbocycles. The number of amides is 1. The number of halogens is 3. The van der Waals surface area contributed by atoms with Gasteiger partial charge in [-0.05, 0) is 12.1 Å². The Bertz CT molecular complexity index is 655. The van der Waals surface area contributed by atoms with E-state index in [0.29, 0.717) is 5.69 Å². The van der Waals surface area contributed by atoms with Crippen LogP contribution in [0, 0.1) is 0 Å². The first kappa shape index (κ1) is 16.0. The number of carbonyl (C=O) groups is 1. The van der Waals surface area contributed by atoms with Gasteiger partial charge in [0.25, 0.3) is 0 Å². The summed E-state index contributed by atoms with van der Waals surface area (Å²) in [4.78, 5) is 15.4. The van der Waals surface area contributed by atoms with Gasteiger partial charge in [0.15, 0.2) is 5.82 Å². The molecule has 0 unspecified atom stereocenters. The van der Waals surface area contributed by atoms with E-state index >= 15 is 0 Å². The van der Waals surface area contributed by atoms with Crippen molar-refractivity contribution in [3.05, 3.63) is 48.5 Å². The molecule has 0 saturated carbocycles. The molecule has 2 aromatic rings. The third-order valence-electron chi connectivity index (χ3n) is 3.13. The molecule has 22 heavy (non-hydrogen) atoms. The number of anilines is 1. The van der Waals surface area contributed by atoms with Crippen LogP contribution in [-0.2, 0) is 17.4 Å². The van der Waals surface area contributed by atoms with Crippen molar-refractivity contribution >= 4 is 11.6 Å². The fourth-order valence-corrected chi connectivity index (χ4v) is 2.03. The Kier molecular flexibility index (Phi) is 4.23. The van der Waals surface area contributed by atoms with Crippen molar-refractivity contribution in [1.82, 2.24) is 9.55 Å². The summed E-state index contributed by atoms with van der Waals surface area (Å²) in [5.41, 5.74) is -3.01. The first-order valence-electron chi connectivity index (χ1n) is 6.36. The van der Waals surface area contributed by atoms with E-state index in [1.54, 1.807) is 18.2 Å². The minimum absolute atomic E-state index is 0.344. The number of nitrogens with zero attached hydrogens (tertiary/aromatic N) is 2. The van der Waals surface area contributed by atoms with E-state index in [1.165, 1.54) is 25.4 Å². The van der Waals surface area contributed by atoms with Gasteiger partial charge in [-0.15, -0.1) is 0 Å². The highest BCUT2D eigenvalue weighted by molar-refractivity contribution is 5.91. The molecule has 1 atom stereocenters. The lowest BCUT2D eigenvalue weighted by molar-refractivity contribution is -0.270. The van der Waals surface area contributed by atoms with E-state index in [9.17, 15) is 23.1 Å². The quantitative estimate of drug-likeness (QED) is 0.909. The molecule has 0 saturated heterocycles. The number of imidazole rings is 1. The van der Waals surface area contributed by atoms with Gasteiger partial charge in [0, 0.05) is 25.1 Å². The molecule has 5 nitrogen and oxygen atoms in total. The zero-order chi connectivity index (χ0) is 16.4. The third-order valence-corrected chi connectivity index (χ3v) is 3.13. The Hall–Kier alpha value is -2.35. The number of hydrogen-bond donors (Lipinski definition) is 2. The molecule has 0 aliphatic rings. The molecule has 0 bridgehead atoms. The van der Waals surface area contributed by atoms with E-state index in [2.05, 4.69) is 10.3 Å². The smallest absolute Gasteiger partial charge is 0.374 e. The van der Waals surface area contributed by atoms with E-state index in [-0.39, 0.29) is 0 Å². The van der Waals surface area contributed by atoms with Gasteiger partial charge in [0.1, 0.15) is 0 Å². The molecule has 1 aromatic heterocycles. The Morgan fingerprint density at radius 3 is 2.45 bits per heavy atom. The SMILES string of the molecule is Cn1ccnc1[C@](O)(CC(=O)Nc1ccccc1)C(F)(F)F. The van der Waals surface area contributed by atoms with E-state index in [4.69, 9.17) is 0 Å². The predicted molar refractivity (Wildman–Crippen MR) is 72.8 cm³/mol. The van der Waals surface area contributed by atoms with Gasteiger partial charge in [-0.1, -0.05) is 18.2 Å². The fraction of sp³-hybridized carbons (Fsp3) is 0.286. The maximum atomic E-state index is 13.3. The van der Waals surface area contributed by atoms with Gasteiger partial charge in [-0.2, -0.15) is 13.2 Å². The van der Waals surface area contributed by atoms with Crippen molar-refractivity contribution in [2.75, 3.05) is 5.32 Å². The zero-order valence-corrected chi connectivity index (χ0v) is 11.6. The van der Waals surface area contributed by atoms with Crippen LogP contribution in [0.1, 0.15) is 12.2 Å². The predicted octanol–water partition coefficient (Wildman–Crippen LogP) is 2.20. The van der Waals surface area contributed by atoms with Crippen LogP contribution in [0.25, 0.3) is 0 Å². The standard InChI is InChI=1S/C14H14F3N3O2/c1-20-8-7-18-12(20)13(22,14(15,16)17)9-11(21)19-10-5-3-2-4-6-10/h2-8,22H,9H2,1H3,(H,19,21)/t13-/m1/s1. The maximum Gasteiger partial charge on any atom is 0.425 e. The molecule has 8 heteroatoms. The number of aliphatic hydroxyl groups is 1. The summed E-state index contributed by atoms with van der Waals surface area (Å²) in [6.07, 6.45) is -3.83. The lowest BCUT2D eigenvalue weighted by Crippen LogP contribution is -2.46. The number of para-hydroxylation sites is 1. The topological polar surface area (TPSA) is 67.1 Å². The highest BCUT2D eigenvalue weighted by Crippen LogP contribution is 2.40. The zero-order valence-electron chi connectivity index (χ0n) is 11.6. The largest absolute Gasteiger partial charge is 0.425 e. The number of hydrogen-bond acceptors (Lipinski definition) is 3. The highest BCUT2D eigenvalue weighted by atomic mass is 19.4. The average molecular weight is 313 g/mol. The number of aromatic nitrogens is 2. The van der Waals surface area contributed by atoms with Crippen molar-refractivity contribution in [1.29, 1.82) is 0 Å². The van der Waals surface area contributed by atoms with Crippen molar-refractivity contribution in [2.45, 2.75) is 18.2 Å². The number of carbonyl (C=O) groups excluding carboxylic acids is 1. The molecule has 1 heterocycles. The van der Waals surface area contributed by atoms with Crippen LogP contribution in [0.4, 0.5) is 18.9 Å². The van der Waals surface area contributed by atoms with Crippen LogP contribution in [0.5, 0.6) is 0 Å². The Labute approximate surface area is 124 Å². The maximum absolute atomic E-state index is 13.3. The highest BCUT2D eigenvalue weighted by Gasteiger charge is 2.58. The van der Waals surface area contributed by atoms with Crippen molar-refractivity contribution in [3.8, 4) is 0 Å². The Morgan fingerprint density at radius 1 is 1.32 bits per heavy atom. The molecule has 0 spiro atoms. The van der Waals surface area contributed by atoms with E-state index in [0.717, 1.165) is 10.8 Å². The van der Waals surface area contributed by atoms with Crippen LogP contribution < -0.4 is 5.32 Å². The lowest BCUT2D eigenvalue weighted by Gasteiger charge is -2.29. The second-order valence-electron chi connectivity index (χ2n) is 4.81. The van der Waals surface area contributed by atoms with Gasteiger partial charge in [-0.3, -0.25) is 4.79 Å². The first-order chi connectivity index (χ1) is 10.2. The Morgan fingerprint density at radius 2 is 1.95 bits per heavy atom. The van der Waals surface area contributed by atoms with Gasteiger partial charge in [0.2, 0.25) is 11.5 Å². The summed E-state index contributed by atoms with van der Waals surface area (Å²) in [7, 11) is 1.31. The second kappa shape index (κ2) is 5.80. The van der Waals surface area contributed by atoms with Crippen molar-refractivity contribution in [2.24, 2.45) is 7.05 Å². The fourth-order valence-electron chi connectivity index (χ4n) is 2.03. The molecule has 1 amide bonds. The molecule has 0 aliphatic heterocycles. The van der Waals surface area contributed by atoms with Crippen molar-refractivity contribution < 1.29 is 23.1 Å². The van der Waals surface area contributed by atoms with Crippen LogP contribution in [-0.4, -0.2) is 26.7 Å². The Balaban J connectivity index is 2.25. The summed E-state index contributed by atoms with van der Waals surface area (Å²) in [5.74, 6) is -1.60. The summed E-state index contributed by atoms with van der Waals surface area (Å²) in [6.45, 7) is 0. The molecular weight excluding hydrogens is 299 g/mol. The molecule has 2 N–H and O–H groups in total. The normalized spacial score (nSPS) is 14.4. The minimum atomic E-state index is -5.04. The molecule has 0 fully saturated rings.